The van der Waals surface area contributed by atoms with E-state index in [-0.39, 0.29) is 0 Å². The molecular weight excluding hydrogens is 360 g/mol. The molecule has 26 heavy (non-hydrogen) atoms. The van der Waals surface area contributed by atoms with Crippen LogP contribution in [-0.4, -0.2) is 19.9 Å². The molecule has 4 nitrogen and oxygen atoms in total. The van der Waals surface area contributed by atoms with Crippen molar-refractivity contribution in [3.63, 3.8) is 0 Å². The SMILES string of the molecule is S=c1c2nc(cc3ccc([nH]3)c(S)c3ccc(cc4ccc1[nH]4)[nH]3)C=C2. The molecule has 0 spiro atoms. The molecule has 0 saturated heterocycles. The van der Waals surface area contributed by atoms with Gasteiger partial charge in [0.1, 0.15) is 0 Å². The first-order valence-corrected chi connectivity index (χ1v) is 9.03. The van der Waals surface area contributed by atoms with Crippen LogP contribution in [0.1, 0.15) is 11.4 Å². The van der Waals surface area contributed by atoms with Crippen molar-refractivity contribution in [3.05, 3.63) is 64.4 Å². The molecule has 4 aromatic heterocycles. The van der Waals surface area contributed by atoms with Crippen LogP contribution in [0.25, 0.3) is 45.3 Å². The number of hydrogen-bond donors (Lipinski definition) is 4. The molecule has 0 atom stereocenters. The van der Waals surface area contributed by atoms with Gasteiger partial charge in [-0.2, -0.15) is 0 Å². The van der Waals surface area contributed by atoms with Gasteiger partial charge in [-0.25, -0.2) is 4.98 Å². The molecule has 0 fully saturated rings. The molecule has 5 heterocycles. The molecule has 0 unspecified atom stereocenters. The minimum atomic E-state index is 0.710. The van der Waals surface area contributed by atoms with E-state index in [2.05, 4.69) is 32.6 Å². The Bertz CT molecular complexity index is 1370. The van der Waals surface area contributed by atoms with Crippen LogP contribution in [0, 0.1) is 4.51 Å². The molecule has 6 heteroatoms. The van der Waals surface area contributed by atoms with E-state index in [9.17, 15) is 0 Å². The highest BCUT2D eigenvalue weighted by Crippen LogP contribution is 2.21. The summed E-state index contributed by atoms with van der Waals surface area (Å²) in [5.41, 5.74) is 7.38. The van der Waals surface area contributed by atoms with Gasteiger partial charge in [0.15, 0.2) is 0 Å². The Labute approximate surface area is 159 Å². The summed E-state index contributed by atoms with van der Waals surface area (Å²) >= 11 is 10.3. The lowest BCUT2D eigenvalue weighted by Crippen LogP contribution is -1.76. The Balaban J connectivity index is 1.95. The molecule has 0 saturated carbocycles. The number of rotatable bonds is 0. The molecular formula is C20H14N4S2. The Morgan fingerprint density at radius 3 is 2.00 bits per heavy atom. The van der Waals surface area contributed by atoms with E-state index in [1.807, 2.05) is 60.7 Å². The highest BCUT2D eigenvalue weighted by atomic mass is 32.1. The normalized spacial score (nSPS) is 12.0. The quantitative estimate of drug-likeness (QED) is 0.207. The van der Waals surface area contributed by atoms with Crippen molar-refractivity contribution in [1.82, 2.24) is 19.9 Å². The zero-order valence-corrected chi connectivity index (χ0v) is 15.3. The summed E-state index contributed by atoms with van der Waals surface area (Å²) < 4.78 is 0.710. The van der Waals surface area contributed by atoms with Crippen LogP contribution in [0.3, 0.4) is 0 Å². The van der Waals surface area contributed by atoms with E-state index in [0.29, 0.717) is 4.51 Å². The lowest BCUT2D eigenvalue weighted by atomic mass is 10.3. The van der Waals surface area contributed by atoms with Crippen molar-refractivity contribution in [3.8, 4) is 0 Å². The topological polar surface area (TPSA) is 60.3 Å². The fourth-order valence-corrected chi connectivity index (χ4v) is 3.59. The van der Waals surface area contributed by atoms with E-state index < -0.39 is 0 Å². The number of fused-ring (bicyclic) bond motifs is 8. The lowest BCUT2D eigenvalue weighted by Gasteiger charge is -1.90. The van der Waals surface area contributed by atoms with Crippen LogP contribution in [0.5, 0.6) is 0 Å². The van der Waals surface area contributed by atoms with E-state index >= 15 is 0 Å². The van der Waals surface area contributed by atoms with Crippen LogP contribution >= 0.6 is 24.8 Å². The summed E-state index contributed by atoms with van der Waals surface area (Å²) in [6.45, 7) is 0. The monoisotopic (exact) mass is 374 g/mol. The summed E-state index contributed by atoms with van der Waals surface area (Å²) in [7, 11) is 0. The molecule has 126 valence electrons. The van der Waals surface area contributed by atoms with Gasteiger partial charge in [0.2, 0.25) is 0 Å². The smallest absolute Gasteiger partial charge is 0.0868 e. The zero-order valence-electron chi connectivity index (χ0n) is 13.6. The van der Waals surface area contributed by atoms with Crippen molar-refractivity contribution < 1.29 is 0 Å². The third-order valence-electron chi connectivity index (χ3n) is 4.39. The van der Waals surface area contributed by atoms with E-state index in [1.165, 1.54) is 0 Å². The Morgan fingerprint density at radius 2 is 1.31 bits per heavy atom. The van der Waals surface area contributed by atoms with Gasteiger partial charge in [0.05, 0.1) is 37.3 Å². The summed E-state index contributed by atoms with van der Waals surface area (Å²) in [5.74, 6) is 0. The van der Waals surface area contributed by atoms with Crippen LogP contribution < -0.4 is 0 Å². The van der Waals surface area contributed by atoms with Crippen molar-refractivity contribution >= 4 is 70.1 Å². The van der Waals surface area contributed by atoms with Gasteiger partial charge in [0, 0.05) is 16.6 Å². The minimum Gasteiger partial charge on any atom is -0.354 e. The first-order chi connectivity index (χ1) is 12.7. The van der Waals surface area contributed by atoms with Gasteiger partial charge in [-0.15, -0.1) is 12.6 Å². The highest BCUT2D eigenvalue weighted by Gasteiger charge is 2.03. The molecule has 1 aliphatic rings. The molecule has 0 aromatic carbocycles. The maximum absolute atomic E-state index is 5.60. The van der Waals surface area contributed by atoms with Crippen LogP contribution in [0.2, 0.25) is 0 Å². The molecule has 1 aliphatic heterocycles. The van der Waals surface area contributed by atoms with Crippen molar-refractivity contribution in [2.75, 3.05) is 0 Å². The summed E-state index contributed by atoms with van der Waals surface area (Å²) in [5, 5.41) is 0. The third kappa shape index (κ3) is 2.64. The average molecular weight is 374 g/mol. The number of thiol groups is 1. The molecule has 8 bridgehead atoms. The standard InChI is InChI=1S/C20H14N4S2/c25-19-15-5-1-11(21-15)9-12-2-6-17(22-12)20(26)18-8-4-14(24-18)10-13-3-7-16(19)23-13/h1-10,21-23,25H. The highest BCUT2D eigenvalue weighted by molar-refractivity contribution is 7.80. The van der Waals surface area contributed by atoms with Gasteiger partial charge in [-0.3, -0.25) is 0 Å². The average Bonchev–Trinajstić information content (AvgIpc) is 3.41. The number of aromatic amines is 3. The van der Waals surface area contributed by atoms with Gasteiger partial charge in [-0.1, -0.05) is 12.2 Å². The largest absolute Gasteiger partial charge is 0.354 e. The second-order valence-electron chi connectivity index (χ2n) is 6.20. The molecule has 0 amide bonds. The lowest BCUT2D eigenvalue weighted by molar-refractivity contribution is 1.31. The number of hydrogen-bond acceptors (Lipinski definition) is 3. The second kappa shape index (κ2) is 5.86. The van der Waals surface area contributed by atoms with Crippen LogP contribution in [0.15, 0.2) is 53.4 Å². The van der Waals surface area contributed by atoms with Gasteiger partial charge < -0.3 is 15.0 Å². The van der Waals surface area contributed by atoms with Crippen molar-refractivity contribution in [2.24, 2.45) is 0 Å². The fourth-order valence-electron chi connectivity index (χ4n) is 3.09. The number of H-pyrrole nitrogens is 3. The second-order valence-corrected chi connectivity index (χ2v) is 7.06. The molecule has 0 aliphatic carbocycles. The van der Waals surface area contributed by atoms with Crippen LogP contribution in [-0.2, 0) is 0 Å². The fraction of sp³-hybridized carbons (Fsp3) is 0. The van der Waals surface area contributed by atoms with Gasteiger partial charge in [0.25, 0.3) is 0 Å². The van der Waals surface area contributed by atoms with Crippen molar-refractivity contribution in [1.29, 1.82) is 0 Å². The van der Waals surface area contributed by atoms with Gasteiger partial charge in [-0.05, 0) is 60.7 Å². The molecule has 0 radical (unpaired) electrons. The molecule has 4 aromatic rings. The first-order valence-electron chi connectivity index (χ1n) is 8.17. The number of aromatic nitrogens is 4. The predicted molar refractivity (Wildman–Crippen MR) is 113 cm³/mol. The predicted octanol–water partition coefficient (Wildman–Crippen LogP) is 5.71. The zero-order chi connectivity index (χ0) is 17.7. The Morgan fingerprint density at radius 1 is 0.731 bits per heavy atom. The molecule has 5 rings (SSSR count). The Kier molecular flexibility index (Phi) is 3.48. The van der Waals surface area contributed by atoms with Crippen LogP contribution in [0.4, 0.5) is 0 Å². The maximum Gasteiger partial charge on any atom is 0.0868 e. The summed E-state index contributed by atoms with van der Waals surface area (Å²) in [6.07, 6.45) is 3.92. The molecule has 3 N–H and O–H groups in total. The Hall–Kier alpha value is -2.83. The third-order valence-corrected chi connectivity index (χ3v) is 5.30. The van der Waals surface area contributed by atoms with Gasteiger partial charge >= 0.3 is 0 Å². The number of nitrogens with one attached hydrogen (secondary N) is 3. The maximum atomic E-state index is 5.60. The van der Waals surface area contributed by atoms with E-state index in [0.717, 1.165) is 49.4 Å². The summed E-state index contributed by atoms with van der Waals surface area (Å²) in [6, 6.07) is 16.1. The van der Waals surface area contributed by atoms with E-state index in [4.69, 9.17) is 12.2 Å². The van der Waals surface area contributed by atoms with Crippen molar-refractivity contribution in [2.45, 2.75) is 4.90 Å². The minimum absolute atomic E-state index is 0.710. The first kappa shape index (κ1) is 15.4. The van der Waals surface area contributed by atoms with E-state index in [1.54, 1.807) is 0 Å². The summed E-state index contributed by atoms with van der Waals surface area (Å²) in [4.78, 5) is 15.6. The number of nitrogens with zero attached hydrogens (tertiary/aromatic N) is 1.